The largest absolute Gasteiger partial charge is 0.574 e. The van der Waals surface area contributed by atoms with Gasteiger partial charge in [0, 0.05) is 17.3 Å². The van der Waals surface area contributed by atoms with E-state index in [1.54, 1.807) is 0 Å². The van der Waals surface area contributed by atoms with Crippen molar-refractivity contribution in [2.24, 2.45) is 0 Å². The number of nitro groups is 1. The van der Waals surface area contributed by atoms with E-state index in [4.69, 9.17) is 5.11 Å². The normalized spacial score (nSPS) is 11.4. The maximum atomic E-state index is 12.0. The van der Waals surface area contributed by atoms with Gasteiger partial charge in [-0.25, -0.2) is 4.98 Å². The standard InChI is InChI=1S/C8H7F3N2O4/c1-4-5(3-14)2-6(13(15)16)7(12-4)17-8(9,10)11/h2,14H,3H2,1H3. The first-order chi connectivity index (χ1) is 7.74. The van der Waals surface area contributed by atoms with Gasteiger partial charge in [-0.3, -0.25) is 10.1 Å². The second-order valence-corrected chi connectivity index (χ2v) is 3.02. The van der Waals surface area contributed by atoms with Gasteiger partial charge in [0.2, 0.25) is 0 Å². The summed E-state index contributed by atoms with van der Waals surface area (Å²) in [4.78, 5) is 12.8. The minimum Gasteiger partial charge on any atom is -0.392 e. The number of nitrogens with zero attached hydrogens (tertiary/aromatic N) is 2. The zero-order valence-corrected chi connectivity index (χ0v) is 8.48. The van der Waals surface area contributed by atoms with E-state index in [2.05, 4.69) is 9.72 Å². The average Bonchev–Trinajstić information content (AvgIpc) is 2.14. The topological polar surface area (TPSA) is 85.5 Å². The Morgan fingerprint density at radius 3 is 2.59 bits per heavy atom. The summed E-state index contributed by atoms with van der Waals surface area (Å²) in [6, 6.07) is 0.795. The SMILES string of the molecule is Cc1nc(OC(F)(F)F)c([N+](=O)[O-])cc1CO. The first kappa shape index (κ1) is 13.2. The number of aryl methyl sites for hydroxylation is 1. The molecule has 0 spiro atoms. The highest BCUT2D eigenvalue weighted by Gasteiger charge is 2.35. The summed E-state index contributed by atoms with van der Waals surface area (Å²) in [5, 5.41) is 19.3. The molecule has 0 aliphatic rings. The van der Waals surface area contributed by atoms with Crippen LogP contribution < -0.4 is 4.74 Å². The van der Waals surface area contributed by atoms with Crippen LogP contribution in [0, 0.1) is 17.0 Å². The fourth-order valence-electron chi connectivity index (χ4n) is 1.09. The summed E-state index contributed by atoms with van der Waals surface area (Å²) in [5.74, 6) is -1.14. The fourth-order valence-corrected chi connectivity index (χ4v) is 1.09. The number of halogens is 3. The van der Waals surface area contributed by atoms with E-state index < -0.39 is 29.5 Å². The maximum absolute atomic E-state index is 12.0. The molecular formula is C8H7F3N2O4. The summed E-state index contributed by atoms with van der Waals surface area (Å²) >= 11 is 0. The second kappa shape index (κ2) is 4.53. The smallest absolute Gasteiger partial charge is 0.392 e. The highest BCUT2D eigenvalue weighted by Crippen LogP contribution is 2.31. The van der Waals surface area contributed by atoms with Crippen LogP contribution in [0.25, 0.3) is 0 Å². The van der Waals surface area contributed by atoms with Crippen molar-refractivity contribution >= 4 is 5.69 Å². The average molecular weight is 252 g/mol. The van der Waals surface area contributed by atoms with E-state index in [0.717, 1.165) is 6.07 Å². The summed E-state index contributed by atoms with van der Waals surface area (Å²) in [5.41, 5.74) is -0.861. The highest BCUT2D eigenvalue weighted by atomic mass is 19.4. The van der Waals surface area contributed by atoms with Crippen molar-refractivity contribution in [2.75, 3.05) is 0 Å². The molecule has 1 N–H and O–H groups in total. The van der Waals surface area contributed by atoms with Gasteiger partial charge in [-0.15, -0.1) is 13.2 Å². The highest BCUT2D eigenvalue weighted by molar-refractivity contribution is 5.45. The van der Waals surface area contributed by atoms with Crippen molar-refractivity contribution in [3.63, 3.8) is 0 Å². The van der Waals surface area contributed by atoms with Gasteiger partial charge < -0.3 is 9.84 Å². The van der Waals surface area contributed by atoms with Crippen molar-refractivity contribution in [1.82, 2.24) is 4.98 Å². The van der Waals surface area contributed by atoms with Crippen LogP contribution >= 0.6 is 0 Å². The number of alkyl halides is 3. The van der Waals surface area contributed by atoms with Crippen molar-refractivity contribution in [2.45, 2.75) is 19.9 Å². The number of aromatic nitrogens is 1. The quantitative estimate of drug-likeness (QED) is 0.653. The van der Waals surface area contributed by atoms with Gasteiger partial charge in [0.15, 0.2) is 0 Å². The van der Waals surface area contributed by atoms with Crippen LogP contribution in [0.4, 0.5) is 18.9 Å². The molecule has 0 unspecified atom stereocenters. The van der Waals surface area contributed by atoms with Gasteiger partial charge in [-0.1, -0.05) is 0 Å². The predicted octanol–water partition coefficient (Wildman–Crippen LogP) is 1.69. The number of pyridine rings is 1. The third kappa shape index (κ3) is 3.28. The Balaban J connectivity index is 3.28. The number of ether oxygens (including phenoxy) is 1. The number of aliphatic hydroxyl groups is 1. The molecule has 1 heterocycles. The second-order valence-electron chi connectivity index (χ2n) is 3.02. The summed E-state index contributed by atoms with van der Waals surface area (Å²) < 4.78 is 39.3. The summed E-state index contributed by atoms with van der Waals surface area (Å²) in [7, 11) is 0. The monoisotopic (exact) mass is 252 g/mol. The lowest BCUT2D eigenvalue weighted by atomic mass is 10.2. The predicted molar refractivity (Wildman–Crippen MR) is 48.2 cm³/mol. The lowest BCUT2D eigenvalue weighted by Gasteiger charge is -2.10. The van der Waals surface area contributed by atoms with E-state index in [1.165, 1.54) is 6.92 Å². The molecule has 0 bridgehead atoms. The zero-order valence-electron chi connectivity index (χ0n) is 8.48. The van der Waals surface area contributed by atoms with Gasteiger partial charge in [-0.2, -0.15) is 0 Å². The first-order valence-corrected chi connectivity index (χ1v) is 4.26. The first-order valence-electron chi connectivity index (χ1n) is 4.26. The van der Waals surface area contributed by atoms with Crippen molar-refractivity contribution in [1.29, 1.82) is 0 Å². The molecule has 0 aliphatic heterocycles. The molecular weight excluding hydrogens is 245 g/mol. The molecule has 0 saturated carbocycles. The van der Waals surface area contributed by atoms with Crippen LogP contribution in [0.5, 0.6) is 5.88 Å². The van der Waals surface area contributed by atoms with Crippen LogP contribution in [-0.4, -0.2) is 21.4 Å². The maximum Gasteiger partial charge on any atom is 0.574 e. The van der Waals surface area contributed by atoms with E-state index >= 15 is 0 Å². The number of aliphatic hydroxyl groups excluding tert-OH is 1. The molecule has 1 rings (SSSR count). The van der Waals surface area contributed by atoms with Crippen molar-refractivity contribution in [3.05, 3.63) is 27.4 Å². The molecule has 1 aromatic rings. The van der Waals surface area contributed by atoms with Gasteiger partial charge in [-0.05, 0) is 6.92 Å². The van der Waals surface area contributed by atoms with Gasteiger partial charge in [0.1, 0.15) is 0 Å². The Kier molecular flexibility index (Phi) is 3.51. The number of hydrogen-bond acceptors (Lipinski definition) is 5. The molecule has 9 heteroatoms. The van der Waals surface area contributed by atoms with E-state index in [1.807, 2.05) is 0 Å². The van der Waals surface area contributed by atoms with E-state index in [-0.39, 0.29) is 11.3 Å². The molecule has 0 aromatic carbocycles. The van der Waals surface area contributed by atoms with Crippen LogP contribution in [-0.2, 0) is 6.61 Å². The van der Waals surface area contributed by atoms with Gasteiger partial charge in [0.05, 0.1) is 11.5 Å². The number of rotatable bonds is 3. The van der Waals surface area contributed by atoms with Crippen LogP contribution in [0.15, 0.2) is 6.07 Å². The van der Waals surface area contributed by atoms with Crippen molar-refractivity contribution in [3.8, 4) is 5.88 Å². The van der Waals surface area contributed by atoms with Crippen LogP contribution in [0.3, 0.4) is 0 Å². The Morgan fingerprint density at radius 2 is 2.18 bits per heavy atom. The number of hydrogen-bond donors (Lipinski definition) is 1. The Labute approximate surface area is 92.8 Å². The zero-order chi connectivity index (χ0) is 13.2. The summed E-state index contributed by atoms with van der Waals surface area (Å²) in [6.07, 6.45) is -5.06. The molecule has 17 heavy (non-hydrogen) atoms. The molecule has 0 saturated heterocycles. The molecule has 94 valence electrons. The van der Waals surface area contributed by atoms with Crippen LogP contribution in [0.2, 0.25) is 0 Å². The molecule has 0 aliphatic carbocycles. The Morgan fingerprint density at radius 1 is 1.59 bits per heavy atom. The minimum absolute atomic E-state index is 0.0253. The molecule has 0 fully saturated rings. The van der Waals surface area contributed by atoms with E-state index in [0.29, 0.717) is 0 Å². The molecule has 1 aromatic heterocycles. The Bertz CT molecular complexity index is 447. The van der Waals surface area contributed by atoms with Crippen LogP contribution in [0.1, 0.15) is 11.3 Å². The fraction of sp³-hybridized carbons (Fsp3) is 0.375. The molecule has 0 amide bonds. The molecule has 0 atom stereocenters. The lowest BCUT2D eigenvalue weighted by molar-refractivity contribution is -0.389. The molecule has 6 nitrogen and oxygen atoms in total. The third-order valence-corrected chi connectivity index (χ3v) is 1.84. The molecule has 0 radical (unpaired) electrons. The van der Waals surface area contributed by atoms with E-state index in [9.17, 15) is 23.3 Å². The van der Waals surface area contributed by atoms with Gasteiger partial charge in [0.25, 0.3) is 0 Å². The minimum atomic E-state index is -5.06. The summed E-state index contributed by atoms with van der Waals surface area (Å²) in [6.45, 7) is 0.741. The lowest BCUT2D eigenvalue weighted by Crippen LogP contribution is -2.19. The van der Waals surface area contributed by atoms with Gasteiger partial charge >= 0.3 is 17.9 Å². The van der Waals surface area contributed by atoms with Crippen molar-refractivity contribution < 1.29 is 27.9 Å². The third-order valence-electron chi connectivity index (χ3n) is 1.84. The Hall–Kier alpha value is -1.90.